The van der Waals surface area contributed by atoms with Crippen molar-refractivity contribution in [2.45, 2.75) is 6.92 Å². The van der Waals surface area contributed by atoms with Gasteiger partial charge in [0.15, 0.2) is 5.78 Å². The van der Waals surface area contributed by atoms with Crippen LogP contribution < -0.4 is 0 Å². The van der Waals surface area contributed by atoms with E-state index in [1.807, 2.05) is 37.3 Å². The van der Waals surface area contributed by atoms with E-state index in [4.69, 9.17) is 11.6 Å². The van der Waals surface area contributed by atoms with Gasteiger partial charge in [-0.1, -0.05) is 29.8 Å². The zero-order chi connectivity index (χ0) is 14.1. The summed E-state index contributed by atoms with van der Waals surface area (Å²) in [6.07, 6.45) is 0. The molecule has 1 aromatic heterocycles. The van der Waals surface area contributed by atoms with Gasteiger partial charge >= 0.3 is 0 Å². The van der Waals surface area contributed by atoms with Crippen LogP contribution in [0.15, 0.2) is 54.6 Å². The molecule has 3 heteroatoms. The third-order valence-corrected chi connectivity index (χ3v) is 3.45. The molecule has 98 valence electrons. The second kappa shape index (κ2) is 5.06. The molecule has 0 aliphatic carbocycles. The molecule has 0 unspecified atom stereocenters. The van der Waals surface area contributed by atoms with Gasteiger partial charge in [-0.05, 0) is 43.3 Å². The van der Waals surface area contributed by atoms with Gasteiger partial charge in [0.1, 0.15) is 0 Å². The van der Waals surface area contributed by atoms with E-state index in [1.165, 1.54) is 0 Å². The highest BCUT2D eigenvalue weighted by Crippen LogP contribution is 2.22. The molecule has 0 aliphatic heterocycles. The van der Waals surface area contributed by atoms with Crippen molar-refractivity contribution in [1.29, 1.82) is 0 Å². The van der Waals surface area contributed by atoms with Crippen molar-refractivity contribution >= 4 is 28.3 Å². The zero-order valence-electron chi connectivity index (χ0n) is 10.9. The smallest absolute Gasteiger partial charge is 0.193 e. The van der Waals surface area contributed by atoms with Crippen molar-refractivity contribution in [2.75, 3.05) is 0 Å². The minimum Gasteiger partial charge on any atom is -0.289 e. The van der Waals surface area contributed by atoms with Gasteiger partial charge in [0, 0.05) is 27.2 Å². The number of ketones is 1. The lowest BCUT2D eigenvalue weighted by Gasteiger charge is -2.07. The first-order chi connectivity index (χ1) is 9.65. The normalized spacial score (nSPS) is 10.7. The van der Waals surface area contributed by atoms with E-state index in [-0.39, 0.29) is 5.78 Å². The molecule has 0 spiro atoms. The molecular formula is C17H12ClNO. The summed E-state index contributed by atoms with van der Waals surface area (Å²) in [6, 6.07) is 16.5. The maximum absolute atomic E-state index is 12.7. The number of aryl methyl sites for hydroxylation is 1. The van der Waals surface area contributed by atoms with E-state index in [9.17, 15) is 4.79 Å². The van der Waals surface area contributed by atoms with Crippen molar-refractivity contribution in [3.63, 3.8) is 0 Å². The fourth-order valence-corrected chi connectivity index (χ4v) is 2.38. The first-order valence-corrected chi connectivity index (χ1v) is 6.69. The molecule has 3 rings (SSSR count). The predicted octanol–water partition coefficient (Wildman–Crippen LogP) is 4.43. The van der Waals surface area contributed by atoms with Crippen molar-refractivity contribution in [1.82, 2.24) is 4.98 Å². The lowest BCUT2D eigenvalue weighted by molar-refractivity contribution is 0.104. The standard InChI is InChI=1S/C17H12ClNO/c1-11-10-15(14-4-2-3-5-16(14)19-11)17(20)12-6-8-13(18)9-7-12/h2-10H,1H3. The van der Waals surface area contributed by atoms with Crippen LogP contribution in [0.3, 0.4) is 0 Å². The van der Waals surface area contributed by atoms with Gasteiger partial charge in [0.25, 0.3) is 0 Å². The average molecular weight is 282 g/mol. The van der Waals surface area contributed by atoms with E-state index in [0.717, 1.165) is 16.6 Å². The van der Waals surface area contributed by atoms with Crippen LogP contribution in [0.5, 0.6) is 0 Å². The van der Waals surface area contributed by atoms with Gasteiger partial charge in [0.05, 0.1) is 5.52 Å². The minimum atomic E-state index is -0.0108. The van der Waals surface area contributed by atoms with Crippen LogP contribution in [0.2, 0.25) is 5.02 Å². The van der Waals surface area contributed by atoms with Crippen LogP contribution in [0.25, 0.3) is 10.9 Å². The molecule has 3 aromatic rings. The number of benzene rings is 2. The SMILES string of the molecule is Cc1cc(C(=O)c2ccc(Cl)cc2)c2ccccc2n1. The summed E-state index contributed by atoms with van der Waals surface area (Å²) in [6.45, 7) is 1.89. The second-order valence-electron chi connectivity index (χ2n) is 4.66. The van der Waals surface area contributed by atoms with Crippen LogP contribution >= 0.6 is 11.6 Å². The maximum atomic E-state index is 12.7. The number of rotatable bonds is 2. The van der Waals surface area contributed by atoms with Crippen molar-refractivity contribution in [2.24, 2.45) is 0 Å². The number of aromatic nitrogens is 1. The number of pyridine rings is 1. The van der Waals surface area contributed by atoms with Crippen LogP contribution in [-0.4, -0.2) is 10.8 Å². The maximum Gasteiger partial charge on any atom is 0.193 e. The number of nitrogens with zero attached hydrogens (tertiary/aromatic N) is 1. The summed E-state index contributed by atoms with van der Waals surface area (Å²) in [5.74, 6) is -0.0108. The molecule has 1 heterocycles. The topological polar surface area (TPSA) is 30.0 Å². The molecule has 0 aliphatic rings. The zero-order valence-corrected chi connectivity index (χ0v) is 11.7. The fraction of sp³-hybridized carbons (Fsp3) is 0.0588. The van der Waals surface area contributed by atoms with Gasteiger partial charge in [-0.2, -0.15) is 0 Å². The summed E-state index contributed by atoms with van der Waals surface area (Å²) in [5, 5.41) is 1.50. The third kappa shape index (κ3) is 2.30. The predicted molar refractivity (Wildman–Crippen MR) is 81.4 cm³/mol. The van der Waals surface area contributed by atoms with E-state index in [1.54, 1.807) is 24.3 Å². The highest BCUT2D eigenvalue weighted by atomic mass is 35.5. The molecule has 20 heavy (non-hydrogen) atoms. The van der Waals surface area contributed by atoms with E-state index >= 15 is 0 Å². The number of halogens is 1. The monoisotopic (exact) mass is 281 g/mol. The molecule has 0 saturated heterocycles. The molecule has 0 saturated carbocycles. The minimum absolute atomic E-state index is 0.0108. The Hall–Kier alpha value is -2.19. The Morgan fingerprint density at radius 3 is 2.50 bits per heavy atom. The number of hydrogen-bond acceptors (Lipinski definition) is 2. The molecule has 2 aromatic carbocycles. The Labute approximate surface area is 122 Å². The first-order valence-electron chi connectivity index (χ1n) is 6.32. The largest absolute Gasteiger partial charge is 0.289 e. The molecule has 0 bridgehead atoms. The van der Waals surface area contributed by atoms with E-state index in [0.29, 0.717) is 16.1 Å². The molecule has 0 fully saturated rings. The molecular weight excluding hydrogens is 270 g/mol. The number of hydrogen-bond donors (Lipinski definition) is 0. The number of para-hydroxylation sites is 1. The highest BCUT2D eigenvalue weighted by molar-refractivity contribution is 6.30. The summed E-state index contributed by atoms with van der Waals surface area (Å²) in [4.78, 5) is 17.1. The van der Waals surface area contributed by atoms with Crippen LogP contribution in [0.1, 0.15) is 21.6 Å². The van der Waals surface area contributed by atoms with Gasteiger partial charge in [-0.3, -0.25) is 9.78 Å². The Kier molecular flexibility index (Phi) is 3.25. The van der Waals surface area contributed by atoms with Gasteiger partial charge in [-0.15, -0.1) is 0 Å². The summed E-state index contributed by atoms with van der Waals surface area (Å²) >= 11 is 5.86. The summed E-state index contributed by atoms with van der Waals surface area (Å²) in [7, 11) is 0. The molecule has 0 radical (unpaired) electrons. The Bertz CT molecular complexity index is 794. The van der Waals surface area contributed by atoms with Crippen LogP contribution in [0, 0.1) is 6.92 Å². The molecule has 0 atom stereocenters. The number of carbonyl (C=O) groups excluding carboxylic acids is 1. The number of carbonyl (C=O) groups is 1. The Morgan fingerprint density at radius 1 is 1.05 bits per heavy atom. The molecule has 0 amide bonds. The highest BCUT2D eigenvalue weighted by Gasteiger charge is 2.13. The van der Waals surface area contributed by atoms with Crippen molar-refractivity contribution < 1.29 is 4.79 Å². The third-order valence-electron chi connectivity index (χ3n) is 3.20. The van der Waals surface area contributed by atoms with Gasteiger partial charge < -0.3 is 0 Å². The number of fused-ring (bicyclic) bond motifs is 1. The fourth-order valence-electron chi connectivity index (χ4n) is 2.25. The van der Waals surface area contributed by atoms with Gasteiger partial charge in [-0.25, -0.2) is 0 Å². The summed E-state index contributed by atoms with van der Waals surface area (Å²) < 4.78 is 0. The Morgan fingerprint density at radius 2 is 1.75 bits per heavy atom. The first kappa shape index (κ1) is 12.8. The van der Waals surface area contributed by atoms with Crippen molar-refractivity contribution in [3.05, 3.63) is 76.4 Å². The molecule has 0 N–H and O–H groups in total. The van der Waals surface area contributed by atoms with Gasteiger partial charge in [0.2, 0.25) is 0 Å². The Balaban J connectivity index is 2.18. The lowest BCUT2D eigenvalue weighted by atomic mass is 9.99. The van der Waals surface area contributed by atoms with Crippen LogP contribution in [-0.2, 0) is 0 Å². The van der Waals surface area contributed by atoms with E-state index < -0.39 is 0 Å². The summed E-state index contributed by atoms with van der Waals surface area (Å²) in [5.41, 5.74) is 2.98. The van der Waals surface area contributed by atoms with E-state index in [2.05, 4.69) is 4.98 Å². The second-order valence-corrected chi connectivity index (χ2v) is 5.10. The average Bonchev–Trinajstić information content (AvgIpc) is 2.46. The lowest BCUT2D eigenvalue weighted by Crippen LogP contribution is -2.03. The van der Waals surface area contributed by atoms with Crippen molar-refractivity contribution in [3.8, 4) is 0 Å². The quantitative estimate of drug-likeness (QED) is 0.651. The van der Waals surface area contributed by atoms with Crippen LogP contribution in [0.4, 0.5) is 0 Å². The molecule has 2 nitrogen and oxygen atoms in total.